The molecule has 2 aromatic carbocycles. The second kappa shape index (κ2) is 10.5. The zero-order valence-corrected chi connectivity index (χ0v) is 19.1. The van der Waals surface area contributed by atoms with E-state index in [1.54, 1.807) is 30.3 Å². The predicted molar refractivity (Wildman–Crippen MR) is 125 cm³/mol. The minimum absolute atomic E-state index is 0.184. The summed E-state index contributed by atoms with van der Waals surface area (Å²) in [6, 6.07) is 18.3. The van der Waals surface area contributed by atoms with Gasteiger partial charge in [0.05, 0.1) is 19.2 Å². The number of rotatable bonds is 8. The van der Waals surface area contributed by atoms with Crippen LogP contribution < -0.4 is 10.1 Å². The molecule has 33 heavy (non-hydrogen) atoms. The Hall–Kier alpha value is -4.07. The molecule has 0 aliphatic rings. The van der Waals surface area contributed by atoms with Crippen molar-refractivity contribution in [1.82, 2.24) is 9.47 Å². The van der Waals surface area contributed by atoms with Gasteiger partial charge >= 0.3 is 5.97 Å². The van der Waals surface area contributed by atoms with Crippen molar-refractivity contribution >= 4 is 23.5 Å². The molecular formula is C25H27N3O5. The van der Waals surface area contributed by atoms with E-state index in [0.29, 0.717) is 17.0 Å². The second-order valence-corrected chi connectivity index (χ2v) is 7.56. The first-order valence-electron chi connectivity index (χ1n) is 10.4. The van der Waals surface area contributed by atoms with Crippen molar-refractivity contribution in [3.63, 3.8) is 0 Å². The van der Waals surface area contributed by atoms with E-state index in [0.717, 1.165) is 17.1 Å². The standard InChI is InChI=1S/C25H27N3O5/c1-17-13-22(18(2)28(17)20-10-6-5-7-11-20)25(31)33-16-24(30)27(3)15-23(29)26-19-9-8-12-21(14-19)32-4/h5-14H,15-16H2,1-4H3,(H,26,29). The molecule has 1 aromatic heterocycles. The summed E-state index contributed by atoms with van der Waals surface area (Å²) >= 11 is 0. The lowest BCUT2D eigenvalue weighted by molar-refractivity contribution is -0.136. The van der Waals surface area contributed by atoms with Gasteiger partial charge in [0.25, 0.3) is 5.91 Å². The van der Waals surface area contributed by atoms with Crippen molar-refractivity contribution in [2.24, 2.45) is 0 Å². The van der Waals surface area contributed by atoms with Gasteiger partial charge in [-0.2, -0.15) is 0 Å². The lowest BCUT2D eigenvalue weighted by Crippen LogP contribution is -2.37. The molecule has 3 rings (SSSR count). The molecule has 0 bridgehead atoms. The molecule has 0 atom stereocenters. The van der Waals surface area contributed by atoms with Crippen LogP contribution in [0.4, 0.5) is 5.69 Å². The van der Waals surface area contributed by atoms with Crippen LogP contribution in [0.5, 0.6) is 5.75 Å². The van der Waals surface area contributed by atoms with Gasteiger partial charge in [-0.1, -0.05) is 24.3 Å². The van der Waals surface area contributed by atoms with Crippen molar-refractivity contribution in [2.75, 3.05) is 32.6 Å². The number of hydrogen-bond acceptors (Lipinski definition) is 5. The highest BCUT2D eigenvalue weighted by molar-refractivity contribution is 5.96. The number of likely N-dealkylation sites (N-methyl/N-ethyl adjacent to an activating group) is 1. The number of aromatic nitrogens is 1. The van der Waals surface area contributed by atoms with E-state index >= 15 is 0 Å². The molecule has 2 amide bonds. The van der Waals surface area contributed by atoms with Crippen LogP contribution in [-0.4, -0.2) is 54.6 Å². The van der Waals surface area contributed by atoms with Crippen LogP contribution >= 0.6 is 0 Å². The number of carbonyl (C=O) groups is 3. The van der Waals surface area contributed by atoms with Gasteiger partial charge in [0.2, 0.25) is 5.91 Å². The van der Waals surface area contributed by atoms with Crippen molar-refractivity contribution in [2.45, 2.75) is 13.8 Å². The van der Waals surface area contributed by atoms with E-state index in [1.165, 1.54) is 19.1 Å². The van der Waals surface area contributed by atoms with Gasteiger partial charge < -0.3 is 24.3 Å². The Morgan fingerprint density at radius 3 is 2.42 bits per heavy atom. The van der Waals surface area contributed by atoms with E-state index in [2.05, 4.69) is 5.32 Å². The fourth-order valence-corrected chi connectivity index (χ4v) is 3.46. The number of esters is 1. The molecule has 172 valence electrons. The van der Waals surface area contributed by atoms with Gasteiger partial charge in [0.15, 0.2) is 6.61 Å². The minimum Gasteiger partial charge on any atom is -0.497 e. The highest BCUT2D eigenvalue weighted by Crippen LogP contribution is 2.21. The number of para-hydroxylation sites is 1. The van der Waals surface area contributed by atoms with Crippen LogP contribution in [0.25, 0.3) is 5.69 Å². The number of carbonyl (C=O) groups excluding carboxylic acids is 3. The highest BCUT2D eigenvalue weighted by Gasteiger charge is 2.20. The quantitative estimate of drug-likeness (QED) is 0.533. The topological polar surface area (TPSA) is 89.9 Å². The summed E-state index contributed by atoms with van der Waals surface area (Å²) in [6.45, 7) is 3.08. The predicted octanol–water partition coefficient (Wildman–Crippen LogP) is 3.36. The SMILES string of the molecule is COc1cccc(NC(=O)CN(C)C(=O)COC(=O)c2cc(C)n(-c3ccccc3)c2C)c1. The van der Waals surface area contributed by atoms with Crippen molar-refractivity contribution in [1.29, 1.82) is 0 Å². The maximum atomic E-state index is 12.6. The summed E-state index contributed by atoms with van der Waals surface area (Å²) in [4.78, 5) is 38.5. The first kappa shape index (κ1) is 23.6. The zero-order chi connectivity index (χ0) is 24.0. The maximum absolute atomic E-state index is 12.6. The van der Waals surface area contributed by atoms with E-state index in [9.17, 15) is 14.4 Å². The monoisotopic (exact) mass is 449 g/mol. The molecular weight excluding hydrogens is 422 g/mol. The minimum atomic E-state index is -0.590. The molecule has 0 spiro atoms. The van der Waals surface area contributed by atoms with Crippen molar-refractivity contribution < 1.29 is 23.9 Å². The Labute approximate surface area is 192 Å². The number of anilines is 1. The smallest absolute Gasteiger partial charge is 0.340 e. The number of amides is 2. The largest absolute Gasteiger partial charge is 0.497 e. The first-order valence-corrected chi connectivity index (χ1v) is 10.4. The molecule has 1 N–H and O–H groups in total. The number of benzene rings is 2. The fraction of sp³-hybridized carbons (Fsp3) is 0.240. The van der Waals surface area contributed by atoms with Gasteiger partial charge in [-0.25, -0.2) is 4.79 Å². The van der Waals surface area contributed by atoms with Gasteiger partial charge in [-0.05, 0) is 44.2 Å². The fourth-order valence-electron chi connectivity index (χ4n) is 3.46. The molecule has 0 saturated carbocycles. The Bertz CT molecular complexity index is 1150. The van der Waals surface area contributed by atoms with Gasteiger partial charge in [-0.3, -0.25) is 9.59 Å². The van der Waals surface area contributed by atoms with Gasteiger partial charge in [-0.15, -0.1) is 0 Å². The van der Waals surface area contributed by atoms with Crippen molar-refractivity contribution in [3.8, 4) is 11.4 Å². The lowest BCUT2D eigenvalue weighted by atomic mass is 10.2. The van der Waals surface area contributed by atoms with Crippen LogP contribution in [-0.2, 0) is 14.3 Å². The third kappa shape index (κ3) is 5.79. The zero-order valence-electron chi connectivity index (χ0n) is 19.1. The summed E-state index contributed by atoms with van der Waals surface area (Å²) in [5, 5.41) is 2.70. The van der Waals surface area contributed by atoms with E-state index in [-0.39, 0.29) is 12.5 Å². The van der Waals surface area contributed by atoms with Gasteiger partial charge in [0.1, 0.15) is 5.75 Å². The lowest BCUT2D eigenvalue weighted by Gasteiger charge is -2.17. The van der Waals surface area contributed by atoms with E-state index < -0.39 is 18.5 Å². The molecule has 8 nitrogen and oxygen atoms in total. The maximum Gasteiger partial charge on any atom is 0.340 e. The summed E-state index contributed by atoms with van der Waals surface area (Å²) in [7, 11) is 3.01. The normalized spacial score (nSPS) is 10.4. The molecule has 0 unspecified atom stereocenters. The molecule has 0 saturated heterocycles. The summed E-state index contributed by atoms with van der Waals surface area (Å²) in [5.74, 6) is -0.846. The molecule has 3 aromatic rings. The number of nitrogens with zero attached hydrogens (tertiary/aromatic N) is 2. The first-order chi connectivity index (χ1) is 15.8. The number of methoxy groups -OCH3 is 1. The molecule has 0 radical (unpaired) electrons. The van der Waals surface area contributed by atoms with Gasteiger partial charge in [0, 0.05) is 35.9 Å². The average molecular weight is 450 g/mol. The molecule has 0 aliphatic heterocycles. The number of aryl methyl sites for hydroxylation is 1. The van der Waals surface area contributed by atoms with Crippen LogP contribution in [0.3, 0.4) is 0 Å². The second-order valence-electron chi connectivity index (χ2n) is 7.56. The summed E-state index contributed by atoms with van der Waals surface area (Å²) in [6.07, 6.45) is 0. The van der Waals surface area contributed by atoms with E-state index in [4.69, 9.17) is 9.47 Å². The molecule has 8 heteroatoms. The Morgan fingerprint density at radius 1 is 1.00 bits per heavy atom. The summed E-state index contributed by atoms with van der Waals surface area (Å²) < 4.78 is 12.3. The number of nitrogens with one attached hydrogen (secondary N) is 1. The van der Waals surface area contributed by atoms with Crippen LogP contribution in [0.15, 0.2) is 60.7 Å². The third-order valence-corrected chi connectivity index (χ3v) is 5.15. The Kier molecular flexibility index (Phi) is 7.50. The van der Waals surface area contributed by atoms with Crippen LogP contribution in [0.1, 0.15) is 21.7 Å². The number of ether oxygens (including phenoxy) is 2. The van der Waals surface area contributed by atoms with Crippen LogP contribution in [0.2, 0.25) is 0 Å². The summed E-state index contributed by atoms with van der Waals surface area (Å²) in [5.41, 5.74) is 3.48. The van der Waals surface area contributed by atoms with E-state index in [1.807, 2.05) is 48.7 Å². The number of hydrogen-bond donors (Lipinski definition) is 1. The average Bonchev–Trinajstić information content (AvgIpc) is 3.11. The Balaban J connectivity index is 1.56. The highest BCUT2D eigenvalue weighted by atomic mass is 16.5. The Morgan fingerprint density at radius 2 is 1.73 bits per heavy atom. The van der Waals surface area contributed by atoms with Crippen LogP contribution in [0, 0.1) is 13.8 Å². The third-order valence-electron chi connectivity index (χ3n) is 5.15. The molecule has 1 heterocycles. The molecule has 0 fully saturated rings. The van der Waals surface area contributed by atoms with Crippen molar-refractivity contribution in [3.05, 3.63) is 77.6 Å². The molecule has 0 aliphatic carbocycles.